The Morgan fingerprint density at radius 1 is 1.00 bits per heavy atom. The third-order valence-electron chi connectivity index (χ3n) is 3.86. The fourth-order valence-electron chi connectivity index (χ4n) is 2.52. The number of carbonyl (C=O) groups excluding carboxylic acids is 2. The maximum atomic E-state index is 12.2. The van der Waals surface area contributed by atoms with Crippen LogP contribution in [-0.4, -0.2) is 42.0 Å². The third-order valence-corrected chi connectivity index (χ3v) is 4.68. The second kappa shape index (κ2) is 9.79. The van der Waals surface area contributed by atoms with E-state index >= 15 is 0 Å². The number of rotatable bonds is 8. The molecule has 0 unspecified atom stereocenters. The van der Waals surface area contributed by atoms with Gasteiger partial charge in [-0.1, -0.05) is 11.8 Å². The van der Waals surface area contributed by atoms with Gasteiger partial charge in [-0.25, -0.2) is 0 Å². The third kappa shape index (κ3) is 5.51. The first-order chi connectivity index (χ1) is 14.5. The summed E-state index contributed by atoms with van der Waals surface area (Å²) in [5.41, 5.74) is 1.86. The molecule has 3 rings (SSSR count). The van der Waals surface area contributed by atoms with Gasteiger partial charge in [0.2, 0.25) is 11.8 Å². The van der Waals surface area contributed by atoms with Crippen LogP contribution in [0.25, 0.3) is 11.5 Å². The van der Waals surface area contributed by atoms with Gasteiger partial charge in [-0.2, -0.15) is 0 Å². The topological polar surface area (TPSA) is 116 Å². The zero-order valence-electron chi connectivity index (χ0n) is 16.6. The van der Waals surface area contributed by atoms with Crippen LogP contribution in [0.4, 0.5) is 11.4 Å². The molecule has 10 heteroatoms. The van der Waals surface area contributed by atoms with Crippen LogP contribution in [0.2, 0.25) is 0 Å². The number of methoxy groups -OCH3 is 2. The van der Waals surface area contributed by atoms with Crippen LogP contribution >= 0.6 is 11.8 Å². The number of nitrogens with zero attached hydrogens (tertiary/aromatic N) is 2. The van der Waals surface area contributed by atoms with Crippen LogP contribution in [0, 0.1) is 0 Å². The van der Waals surface area contributed by atoms with Crippen LogP contribution in [-0.2, 0) is 9.59 Å². The Hall–Kier alpha value is -3.53. The fourth-order valence-corrected chi connectivity index (χ4v) is 3.09. The van der Waals surface area contributed by atoms with Crippen LogP contribution in [0.3, 0.4) is 0 Å². The Bertz CT molecular complexity index is 1040. The lowest BCUT2D eigenvalue weighted by Gasteiger charge is -2.07. The Kier molecular flexibility index (Phi) is 6.91. The normalized spacial score (nSPS) is 10.4. The molecule has 0 aliphatic heterocycles. The Labute approximate surface area is 177 Å². The predicted octanol–water partition coefficient (Wildman–Crippen LogP) is 3.44. The molecule has 0 atom stereocenters. The van der Waals surface area contributed by atoms with Crippen LogP contribution in [0.1, 0.15) is 6.92 Å². The summed E-state index contributed by atoms with van der Waals surface area (Å²) in [6, 6.07) is 12.1. The van der Waals surface area contributed by atoms with Crippen LogP contribution < -0.4 is 20.1 Å². The van der Waals surface area contributed by atoms with Gasteiger partial charge in [-0.15, -0.1) is 10.2 Å². The minimum Gasteiger partial charge on any atom is -0.497 e. The van der Waals surface area contributed by atoms with Crippen molar-refractivity contribution >= 4 is 35.0 Å². The Morgan fingerprint density at radius 2 is 1.70 bits per heavy atom. The van der Waals surface area contributed by atoms with E-state index in [4.69, 9.17) is 13.9 Å². The number of nitrogens with one attached hydrogen (secondary N) is 2. The van der Waals surface area contributed by atoms with Crippen molar-refractivity contribution in [1.29, 1.82) is 0 Å². The number of benzene rings is 2. The molecule has 0 spiro atoms. The molecule has 9 nitrogen and oxygen atoms in total. The largest absolute Gasteiger partial charge is 0.497 e. The van der Waals surface area contributed by atoms with Crippen molar-refractivity contribution in [2.24, 2.45) is 0 Å². The molecule has 2 aromatic carbocycles. The number of thioether (sulfide) groups is 1. The van der Waals surface area contributed by atoms with Crippen LogP contribution in [0.5, 0.6) is 11.5 Å². The van der Waals surface area contributed by atoms with Crippen LogP contribution in [0.15, 0.2) is 52.1 Å². The number of carbonyl (C=O) groups is 2. The Morgan fingerprint density at radius 3 is 2.33 bits per heavy atom. The average molecular weight is 428 g/mol. The first kappa shape index (κ1) is 21.2. The molecule has 0 aliphatic carbocycles. The highest BCUT2D eigenvalue weighted by Crippen LogP contribution is 2.33. The summed E-state index contributed by atoms with van der Waals surface area (Å²) < 4.78 is 16.2. The van der Waals surface area contributed by atoms with Gasteiger partial charge in [0.1, 0.15) is 11.5 Å². The van der Waals surface area contributed by atoms with Gasteiger partial charge in [0.05, 0.1) is 25.5 Å². The summed E-state index contributed by atoms with van der Waals surface area (Å²) in [7, 11) is 3.11. The van der Waals surface area contributed by atoms with E-state index in [1.165, 1.54) is 6.92 Å². The summed E-state index contributed by atoms with van der Waals surface area (Å²) >= 11 is 1.12. The Balaban J connectivity index is 1.59. The van der Waals surface area contributed by atoms with E-state index in [0.29, 0.717) is 28.4 Å². The molecule has 0 bridgehead atoms. The van der Waals surface area contributed by atoms with Gasteiger partial charge >= 0.3 is 0 Å². The van der Waals surface area contributed by atoms with Crippen molar-refractivity contribution in [2.75, 3.05) is 30.6 Å². The molecule has 0 saturated heterocycles. The van der Waals surface area contributed by atoms with Crippen molar-refractivity contribution in [3.8, 4) is 23.0 Å². The zero-order valence-corrected chi connectivity index (χ0v) is 17.4. The SMILES string of the molecule is COc1ccc(OC)c(-c2nnc(SCC(=O)Nc3ccc(NC(C)=O)cc3)o2)c1. The van der Waals surface area contributed by atoms with E-state index in [9.17, 15) is 9.59 Å². The number of hydrogen-bond donors (Lipinski definition) is 2. The van der Waals surface area contributed by atoms with Gasteiger partial charge in [0, 0.05) is 18.3 Å². The van der Waals surface area contributed by atoms with E-state index in [-0.39, 0.29) is 28.7 Å². The molecule has 0 radical (unpaired) electrons. The van der Waals surface area contributed by atoms with Crippen molar-refractivity contribution in [3.05, 3.63) is 42.5 Å². The van der Waals surface area contributed by atoms with Gasteiger partial charge in [0.15, 0.2) is 0 Å². The van der Waals surface area contributed by atoms with E-state index in [1.807, 2.05) is 0 Å². The quantitative estimate of drug-likeness (QED) is 0.524. The molecule has 1 aromatic heterocycles. The van der Waals surface area contributed by atoms with E-state index in [0.717, 1.165) is 11.8 Å². The number of ether oxygens (including phenoxy) is 2. The maximum absolute atomic E-state index is 12.2. The second-order valence-electron chi connectivity index (χ2n) is 6.03. The van der Waals surface area contributed by atoms with Crippen molar-refractivity contribution in [2.45, 2.75) is 12.1 Å². The highest BCUT2D eigenvalue weighted by molar-refractivity contribution is 7.99. The minimum atomic E-state index is -0.231. The molecule has 2 N–H and O–H groups in total. The number of aromatic nitrogens is 2. The molecular formula is C20H20N4O5S. The molecule has 0 aliphatic rings. The lowest BCUT2D eigenvalue weighted by molar-refractivity contribution is -0.114. The van der Waals surface area contributed by atoms with Gasteiger partial charge < -0.3 is 24.5 Å². The lowest BCUT2D eigenvalue weighted by Crippen LogP contribution is -2.14. The maximum Gasteiger partial charge on any atom is 0.277 e. The molecule has 1 heterocycles. The highest BCUT2D eigenvalue weighted by Gasteiger charge is 2.16. The van der Waals surface area contributed by atoms with E-state index < -0.39 is 0 Å². The van der Waals surface area contributed by atoms with Gasteiger partial charge in [-0.3, -0.25) is 9.59 Å². The predicted molar refractivity (Wildman–Crippen MR) is 113 cm³/mol. The summed E-state index contributed by atoms with van der Waals surface area (Å²) in [6.45, 7) is 1.43. The molecular weight excluding hydrogens is 408 g/mol. The lowest BCUT2D eigenvalue weighted by atomic mass is 10.2. The number of anilines is 2. The van der Waals surface area contributed by atoms with E-state index in [2.05, 4.69) is 20.8 Å². The smallest absolute Gasteiger partial charge is 0.277 e. The van der Waals surface area contributed by atoms with Crippen molar-refractivity contribution < 1.29 is 23.5 Å². The highest BCUT2D eigenvalue weighted by atomic mass is 32.2. The molecule has 3 aromatic rings. The molecule has 30 heavy (non-hydrogen) atoms. The zero-order chi connectivity index (χ0) is 21.5. The molecule has 0 fully saturated rings. The fraction of sp³-hybridized carbons (Fsp3) is 0.200. The first-order valence-electron chi connectivity index (χ1n) is 8.84. The standard InChI is InChI=1S/C20H20N4O5S/c1-12(25)21-13-4-6-14(7-5-13)22-18(26)11-30-20-24-23-19(29-20)16-10-15(27-2)8-9-17(16)28-3/h4-10H,11H2,1-3H3,(H,21,25)(H,22,26). The summed E-state index contributed by atoms with van der Waals surface area (Å²) in [5, 5.41) is 13.7. The van der Waals surface area contributed by atoms with Crippen molar-refractivity contribution in [3.63, 3.8) is 0 Å². The molecule has 2 amide bonds. The van der Waals surface area contributed by atoms with Gasteiger partial charge in [0.25, 0.3) is 11.1 Å². The molecule has 156 valence electrons. The second-order valence-corrected chi connectivity index (χ2v) is 6.96. The van der Waals surface area contributed by atoms with E-state index in [1.54, 1.807) is 56.7 Å². The average Bonchev–Trinajstić information content (AvgIpc) is 3.22. The minimum absolute atomic E-state index is 0.0876. The monoisotopic (exact) mass is 428 g/mol. The summed E-state index contributed by atoms with van der Waals surface area (Å²) in [6.07, 6.45) is 0. The first-order valence-corrected chi connectivity index (χ1v) is 9.83. The van der Waals surface area contributed by atoms with Crippen molar-refractivity contribution in [1.82, 2.24) is 10.2 Å². The van der Waals surface area contributed by atoms with Gasteiger partial charge in [-0.05, 0) is 42.5 Å². The molecule has 0 saturated carbocycles. The number of hydrogen-bond acceptors (Lipinski definition) is 8. The summed E-state index contributed by atoms with van der Waals surface area (Å²) in [4.78, 5) is 23.2. The number of amides is 2. The summed E-state index contributed by atoms with van der Waals surface area (Å²) in [5.74, 6) is 1.16.